The maximum absolute atomic E-state index is 12.9. The summed E-state index contributed by atoms with van der Waals surface area (Å²) in [4.78, 5) is 21.6. The molecule has 2 bridgehead atoms. The summed E-state index contributed by atoms with van der Waals surface area (Å²) >= 11 is 0. The smallest absolute Gasteiger partial charge is 0.333 e. The second-order valence-electron chi connectivity index (χ2n) is 8.74. The zero-order valence-corrected chi connectivity index (χ0v) is 17.1. The molecule has 9 nitrogen and oxygen atoms in total. The summed E-state index contributed by atoms with van der Waals surface area (Å²) in [5.41, 5.74) is 2.08. The first-order valence-corrected chi connectivity index (χ1v) is 10.7. The molecule has 1 saturated carbocycles. The van der Waals surface area contributed by atoms with E-state index in [1.165, 1.54) is 18.7 Å². The summed E-state index contributed by atoms with van der Waals surface area (Å²) in [5.74, 6) is 0.619. The average molecular weight is 438 g/mol. The van der Waals surface area contributed by atoms with Crippen molar-refractivity contribution in [3.63, 3.8) is 0 Å². The van der Waals surface area contributed by atoms with E-state index in [1.54, 1.807) is 10.7 Å². The van der Waals surface area contributed by atoms with Crippen LogP contribution in [0.5, 0.6) is 0 Å². The number of carbonyl (C=O) groups excluding carboxylic acids is 1. The number of carbonyl (C=O) groups is 1. The van der Waals surface area contributed by atoms with Crippen molar-refractivity contribution in [3.05, 3.63) is 31.0 Å². The van der Waals surface area contributed by atoms with Gasteiger partial charge in [-0.05, 0) is 25.3 Å². The van der Waals surface area contributed by atoms with E-state index >= 15 is 0 Å². The summed E-state index contributed by atoms with van der Waals surface area (Å²) in [5, 5.41) is 17.1. The van der Waals surface area contributed by atoms with E-state index in [2.05, 4.69) is 26.2 Å². The normalized spacial score (nSPS) is 26.7. The molecule has 0 spiro atoms. The molecule has 5 heterocycles. The minimum atomic E-state index is -2.69. The average Bonchev–Trinajstić information content (AvgIpc) is 3.09. The van der Waals surface area contributed by atoms with Gasteiger partial charge in [0.25, 0.3) is 0 Å². The van der Waals surface area contributed by atoms with Crippen LogP contribution in [0.15, 0.2) is 31.0 Å². The quantitative estimate of drug-likeness (QED) is 0.621. The third-order valence-electron chi connectivity index (χ3n) is 6.83. The largest absolute Gasteiger partial charge is 0.351 e. The Labute approximate surface area is 181 Å². The van der Waals surface area contributed by atoms with Crippen molar-refractivity contribution >= 4 is 17.2 Å². The zero-order chi connectivity index (χ0) is 22.0. The van der Waals surface area contributed by atoms with Gasteiger partial charge in [0.2, 0.25) is 5.91 Å². The van der Waals surface area contributed by atoms with Crippen molar-refractivity contribution in [3.8, 4) is 17.2 Å². The Kier molecular flexibility index (Phi) is 4.18. The van der Waals surface area contributed by atoms with Gasteiger partial charge in [-0.15, -0.1) is 0 Å². The molecule has 0 N–H and O–H groups in total. The summed E-state index contributed by atoms with van der Waals surface area (Å²) in [6.07, 6.45) is 8.53. The molecule has 11 heteroatoms. The van der Waals surface area contributed by atoms with Gasteiger partial charge in [-0.1, -0.05) is 0 Å². The van der Waals surface area contributed by atoms with Crippen molar-refractivity contribution in [2.24, 2.45) is 11.8 Å². The standard InChI is InChI=1S/C21H20F2N8O/c22-21(23)30-8-14(6-26-30)13-4-18-19(25-11-27-29(18)7-13)28-9-15-1-2-16(10-28)31(15)20(32)17-3-12(17)5-24/h4,6-8,11-12,15-17,21H,1-3,9-10H2/t12-,15?,16?,17-/m0/s1. The van der Waals surface area contributed by atoms with Gasteiger partial charge in [-0.2, -0.15) is 24.2 Å². The maximum atomic E-state index is 12.9. The number of rotatable bonds is 4. The van der Waals surface area contributed by atoms with Crippen LogP contribution in [-0.2, 0) is 4.79 Å². The number of alkyl halides is 2. The molecule has 6 rings (SSSR count). The van der Waals surface area contributed by atoms with Crippen LogP contribution in [0.25, 0.3) is 16.6 Å². The lowest BCUT2D eigenvalue weighted by molar-refractivity contribution is -0.136. The van der Waals surface area contributed by atoms with Crippen molar-refractivity contribution in [1.29, 1.82) is 5.26 Å². The first kappa shape index (κ1) is 19.2. The molecule has 0 aromatic carbocycles. The number of nitrogens with zero attached hydrogens (tertiary/aromatic N) is 8. The Morgan fingerprint density at radius 1 is 1.16 bits per heavy atom. The van der Waals surface area contributed by atoms with Gasteiger partial charge in [0.1, 0.15) is 11.8 Å². The predicted octanol–water partition coefficient (Wildman–Crippen LogP) is 2.33. The van der Waals surface area contributed by atoms with Crippen molar-refractivity contribution in [2.75, 3.05) is 18.0 Å². The van der Waals surface area contributed by atoms with Crippen LogP contribution in [0, 0.1) is 23.2 Å². The van der Waals surface area contributed by atoms with Crippen LogP contribution in [-0.4, -0.2) is 60.4 Å². The number of hydrogen-bond donors (Lipinski definition) is 0. The highest BCUT2D eigenvalue weighted by atomic mass is 19.3. The van der Waals surface area contributed by atoms with Crippen molar-refractivity contribution in [1.82, 2.24) is 29.3 Å². The fourth-order valence-electron chi connectivity index (χ4n) is 5.15. The molecule has 4 atom stereocenters. The summed E-state index contributed by atoms with van der Waals surface area (Å²) in [6, 6.07) is 4.30. The van der Waals surface area contributed by atoms with Crippen LogP contribution in [0.3, 0.4) is 0 Å². The van der Waals surface area contributed by atoms with E-state index in [9.17, 15) is 13.6 Å². The van der Waals surface area contributed by atoms with E-state index in [0.717, 1.165) is 29.7 Å². The number of amides is 1. The Bertz CT molecular complexity index is 1230. The van der Waals surface area contributed by atoms with Gasteiger partial charge >= 0.3 is 6.55 Å². The second-order valence-corrected chi connectivity index (χ2v) is 8.74. The number of fused-ring (bicyclic) bond motifs is 3. The SMILES string of the molecule is N#C[C@@H]1C[C@@H]1C(=O)N1C2CCC1CN(c1ncnn3cc(-c4cnn(C(F)F)c4)cc13)C2. The lowest BCUT2D eigenvalue weighted by Crippen LogP contribution is -2.56. The van der Waals surface area contributed by atoms with Crippen LogP contribution >= 0.6 is 0 Å². The molecule has 32 heavy (non-hydrogen) atoms. The summed E-state index contributed by atoms with van der Waals surface area (Å²) in [7, 11) is 0. The van der Waals surface area contributed by atoms with Crippen molar-refractivity contribution < 1.29 is 13.6 Å². The Hall–Kier alpha value is -3.55. The molecule has 3 aliphatic rings. The third kappa shape index (κ3) is 2.93. The maximum Gasteiger partial charge on any atom is 0.333 e. The molecule has 2 saturated heterocycles. The fourth-order valence-corrected chi connectivity index (χ4v) is 5.15. The van der Waals surface area contributed by atoms with Crippen LogP contribution in [0.1, 0.15) is 25.8 Å². The van der Waals surface area contributed by atoms with Gasteiger partial charge in [-0.3, -0.25) is 4.79 Å². The lowest BCUT2D eigenvalue weighted by Gasteiger charge is -2.41. The Morgan fingerprint density at radius 2 is 1.94 bits per heavy atom. The number of anilines is 1. The number of piperazine rings is 1. The van der Waals surface area contributed by atoms with Crippen LogP contribution in [0.2, 0.25) is 0 Å². The highest BCUT2D eigenvalue weighted by molar-refractivity contribution is 5.84. The molecule has 3 aromatic heterocycles. The van der Waals surface area contributed by atoms with Crippen LogP contribution < -0.4 is 4.90 Å². The number of aromatic nitrogens is 5. The Morgan fingerprint density at radius 3 is 2.59 bits per heavy atom. The van der Waals surface area contributed by atoms with Crippen LogP contribution in [0.4, 0.5) is 14.6 Å². The minimum absolute atomic E-state index is 0.106. The van der Waals surface area contributed by atoms with E-state index in [4.69, 9.17) is 5.26 Å². The first-order valence-electron chi connectivity index (χ1n) is 10.7. The summed E-state index contributed by atoms with van der Waals surface area (Å²) in [6.45, 7) is -1.35. The molecule has 0 radical (unpaired) electrons. The number of halogens is 2. The molecule has 2 aliphatic heterocycles. The topological polar surface area (TPSA) is 95.3 Å². The number of hydrogen-bond acceptors (Lipinski definition) is 6. The predicted molar refractivity (Wildman–Crippen MR) is 109 cm³/mol. The second kappa shape index (κ2) is 6.98. The molecule has 1 amide bonds. The van der Waals surface area contributed by atoms with E-state index < -0.39 is 6.55 Å². The number of nitriles is 1. The molecule has 2 unspecified atom stereocenters. The molecule has 1 aliphatic carbocycles. The minimum Gasteiger partial charge on any atom is -0.351 e. The van der Waals surface area contributed by atoms with E-state index in [-0.39, 0.29) is 29.8 Å². The molecular weight excluding hydrogens is 418 g/mol. The molecule has 3 aromatic rings. The zero-order valence-electron chi connectivity index (χ0n) is 17.1. The molecule has 3 fully saturated rings. The van der Waals surface area contributed by atoms with Gasteiger partial charge in [0.05, 0.1) is 24.1 Å². The highest BCUT2D eigenvalue weighted by Gasteiger charge is 2.51. The molecular formula is C21H20F2N8O. The fraction of sp³-hybridized carbons (Fsp3) is 0.476. The van der Waals surface area contributed by atoms with E-state index in [0.29, 0.717) is 29.8 Å². The van der Waals surface area contributed by atoms with Gasteiger partial charge in [-0.25, -0.2) is 14.2 Å². The monoisotopic (exact) mass is 438 g/mol. The van der Waals surface area contributed by atoms with Gasteiger partial charge in [0.15, 0.2) is 5.82 Å². The highest BCUT2D eigenvalue weighted by Crippen LogP contribution is 2.43. The van der Waals surface area contributed by atoms with Crippen molar-refractivity contribution in [2.45, 2.75) is 37.9 Å². The van der Waals surface area contributed by atoms with Gasteiger partial charge < -0.3 is 9.80 Å². The lowest BCUT2D eigenvalue weighted by atomic mass is 10.1. The Balaban J connectivity index is 1.27. The third-order valence-corrected chi connectivity index (χ3v) is 6.83. The summed E-state index contributed by atoms with van der Waals surface area (Å²) < 4.78 is 28.1. The van der Waals surface area contributed by atoms with Gasteiger partial charge in [0, 0.05) is 48.7 Å². The molecule has 164 valence electrons. The van der Waals surface area contributed by atoms with E-state index in [1.807, 2.05) is 11.0 Å². The first-order chi connectivity index (χ1) is 15.5.